The van der Waals surface area contributed by atoms with E-state index in [1.54, 1.807) is 0 Å². The van der Waals surface area contributed by atoms with Crippen LogP contribution in [0, 0.1) is 11.3 Å². The molecule has 140 valence electrons. The molecular weight excluding hydrogens is 336 g/mol. The molecule has 0 spiro atoms. The maximum Gasteiger partial charge on any atom is 0.152 e. The summed E-state index contributed by atoms with van der Waals surface area (Å²) in [5.41, 5.74) is 2.06. The zero-order valence-corrected chi connectivity index (χ0v) is 16.4. The van der Waals surface area contributed by atoms with Crippen molar-refractivity contribution in [1.82, 2.24) is 9.80 Å². The lowest BCUT2D eigenvalue weighted by Crippen LogP contribution is -2.42. The van der Waals surface area contributed by atoms with Crippen LogP contribution in [0.2, 0.25) is 0 Å². The van der Waals surface area contributed by atoms with Crippen molar-refractivity contribution in [2.24, 2.45) is 11.3 Å². The van der Waals surface area contributed by atoms with Crippen molar-refractivity contribution >= 4 is 18.2 Å². The Hall–Kier alpha value is -0.940. The van der Waals surface area contributed by atoms with Gasteiger partial charge in [-0.15, -0.1) is 12.4 Å². The predicted octanol–water partition coefficient (Wildman–Crippen LogP) is 3.24. The predicted molar refractivity (Wildman–Crippen MR) is 103 cm³/mol. The van der Waals surface area contributed by atoms with Crippen molar-refractivity contribution in [3.63, 3.8) is 0 Å². The van der Waals surface area contributed by atoms with Crippen LogP contribution in [0.25, 0.3) is 0 Å². The summed E-state index contributed by atoms with van der Waals surface area (Å²) >= 11 is 0. The van der Waals surface area contributed by atoms with Gasteiger partial charge in [0.15, 0.2) is 5.78 Å². The van der Waals surface area contributed by atoms with E-state index in [0.29, 0.717) is 18.2 Å². The summed E-state index contributed by atoms with van der Waals surface area (Å²) in [6, 6.07) is 8.18. The highest BCUT2D eigenvalue weighted by atomic mass is 35.5. The van der Waals surface area contributed by atoms with E-state index in [1.807, 2.05) is 39.0 Å². The summed E-state index contributed by atoms with van der Waals surface area (Å²) < 4.78 is 0. The second-order valence-corrected chi connectivity index (χ2v) is 8.39. The minimum Gasteiger partial charge on any atom is -0.374 e. The number of fused-ring (bicyclic) bond motifs is 1. The average Bonchev–Trinajstić information content (AvgIpc) is 2.85. The number of benzene rings is 1. The molecule has 1 aromatic carbocycles. The van der Waals surface area contributed by atoms with Crippen LogP contribution in [0.5, 0.6) is 0 Å². The van der Waals surface area contributed by atoms with Crippen LogP contribution in [-0.2, 0) is 11.3 Å². The molecule has 4 nitrogen and oxygen atoms in total. The number of ketones is 1. The van der Waals surface area contributed by atoms with E-state index in [0.717, 1.165) is 44.6 Å². The number of hydrogen-bond acceptors (Lipinski definition) is 4. The van der Waals surface area contributed by atoms with Gasteiger partial charge in [0.2, 0.25) is 0 Å². The lowest BCUT2D eigenvalue weighted by Gasteiger charge is -2.35. The van der Waals surface area contributed by atoms with Gasteiger partial charge in [0, 0.05) is 18.5 Å². The maximum atomic E-state index is 12.2. The number of aliphatic hydroxyl groups is 1. The Bertz CT molecular complexity index is 592. The molecule has 1 fully saturated rings. The van der Waals surface area contributed by atoms with Gasteiger partial charge in [-0.2, -0.15) is 0 Å². The number of Topliss-reactive ketones (excluding diaryl/α,β-unsaturated/α-hetero) is 1. The van der Waals surface area contributed by atoms with Crippen molar-refractivity contribution in [3.05, 3.63) is 35.4 Å². The van der Waals surface area contributed by atoms with E-state index >= 15 is 0 Å². The van der Waals surface area contributed by atoms with E-state index in [2.05, 4.69) is 15.9 Å². The molecule has 1 unspecified atom stereocenters. The Kier molecular flexibility index (Phi) is 6.66. The van der Waals surface area contributed by atoms with Crippen LogP contribution in [0.4, 0.5) is 0 Å². The first-order valence-electron chi connectivity index (χ1n) is 9.10. The molecule has 0 amide bonds. The zero-order chi connectivity index (χ0) is 17.3. The zero-order valence-electron chi connectivity index (χ0n) is 15.6. The standard InChI is InChI=1S/C20H30N2O2.ClH/c1-20(2,3)18(23)14-21-10-8-15(9-11-21)12-22-13-16-6-4-5-7-17(16)19(22)24;/h4-7,15,19,24H,8-14H2,1-3H3;1H. The summed E-state index contributed by atoms with van der Waals surface area (Å²) in [5.74, 6) is 0.932. The van der Waals surface area contributed by atoms with Crippen LogP contribution >= 0.6 is 12.4 Å². The van der Waals surface area contributed by atoms with Gasteiger partial charge in [0.05, 0.1) is 6.54 Å². The number of carbonyl (C=O) groups excluding carboxylic acids is 1. The second kappa shape index (κ2) is 8.17. The topological polar surface area (TPSA) is 43.8 Å². The maximum absolute atomic E-state index is 12.2. The van der Waals surface area contributed by atoms with Gasteiger partial charge in [-0.1, -0.05) is 45.0 Å². The van der Waals surface area contributed by atoms with Crippen LogP contribution in [0.3, 0.4) is 0 Å². The van der Waals surface area contributed by atoms with Crippen molar-refractivity contribution < 1.29 is 9.90 Å². The van der Waals surface area contributed by atoms with Gasteiger partial charge in [-0.25, -0.2) is 0 Å². The highest BCUT2D eigenvalue weighted by Crippen LogP contribution is 2.33. The Morgan fingerprint density at radius 2 is 1.84 bits per heavy atom. The molecular formula is C20H31ClN2O2. The minimum absolute atomic E-state index is 0. The van der Waals surface area contributed by atoms with Gasteiger partial charge in [0.25, 0.3) is 0 Å². The van der Waals surface area contributed by atoms with E-state index < -0.39 is 6.23 Å². The number of rotatable bonds is 4. The number of nitrogens with zero attached hydrogens (tertiary/aromatic N) is 2. The number of piperidine rings is 1. The summed E-state index contributed by atoms with van der Waals surface area (Å²) in [5, 5.41) is 10.5. The Morgan fingerprint density at radius 3 is 2.44 bits per heavy atom. The third-order valence-corrected chi connectivity index (χ3v) is 5.46. The van der Waals surface area contributed by atoms with Crippen LogP contribution in [0.1, 0.15) is 51.0 Å². The first-order chi connectivity index (χ1) is 11.3. The Labute approximate surface area is 157 Å². The van der Waals surface area contributed by atoms with E-state index in [9.17, 15) is 9.90 Å². The monoisotopic (exact) mass is 366 g/mol. The molecule has 2 aliphatic rings. The molecule has 0 aromatic heterocycles. The summed E-state index contributed by atoms with van der Waals surface area (Å²) in [4.78, 5) is 16.7. The van der Waals surface area contributed by atoms with Crippen LogP contribution in [0.15, 0.2) is 24.3 Å². The molecule has 1 atom stereocenters. The van der Waals surface area contributed by atoms with Gasteiger partial charge in [-0.05, 0) is 43.0 Å². The van der Waals surface area contributed by atoms with Gasteiger partial charge >= 0.3 is 0 Å². The molecule has 2 aliphatic heterocycles. The molecule has 5 heteroatoms. The van der Waals surface area contributed by atoms with Crippen LogP contribution in [-0.4, -0.2) is 46.9 Å². The molecule has 0 aliphatic carbocycles. The molecule has 0 bridgehead atoms. The van der Waals surface area contributed by atoms with Crippen molar-refractivity contribution in [1.29, 1.82) is 0 Å². The fraction of sp³-hybridized carbons (Fsp3) is 0.650. The van der Waals surface area contributed by atoms with E-state index in [4.69, 9.17) is 0 Å². The highest BCUT2D eigenvalue weighted by Gasteiger charge is 2.31. The first kappa shape index (κ1) is 20.4. The third-order valence-electron chi connectivity index (χ3n) is 5.46. The van der Waals surface area contributed by atoms with Crippen molar-refractivity contribution in [2.75, 3.05) is 26.2 Å². The largest absolute Gasteiger partial charge is 0.374 e. The molecule has 1 aromatic rings. The first-order valence-corrected chi connectivity index (χ1v) is 9.10. The molecule has 1 N–H and O–H groups in total. The summed E-state index contributed by atoms with van der Waals surface area (Å²) in [7, 11) is 0. The quantitative estimate of drug-likeness (QED) is 0.888. The fourth-order valence-corrected chi connectivity index (χ4v) is 3.70. The lowest BCUT2D eigenvalue weighted by molar-refractivity contribution is -0.127. The molecule has 0 radical (unpaired) electrons. The molecule has 1 saturated heterocycles. The number of aliphatic hydroxyl groups excluding tert-OH is 1. The molecule has 3 rings (SSSR count). The molecule has 2 heterocycles. The number of halogens is 1. The number of likely N-dealkylation sites (tertiary alicyclic amines) is 1. The summed E-state index contributed by atoms with van der Waals surface area (Å²) in [6.07, 6.45) is 1.76. The van der Waals surface area contributed by atoms with Gasteiger partial charge in [-0.3, -0.25) is 14.6 Å². The molecule has 25 heavy (non-hydrogen) atoms. The smallest absolute Gasteiger partial charge is 0.152 e. The Morgan fingerprint density at radius 1 is 1.20 bits per heavy atom. The lowest BCUT2D eigenvalue weighted by atomic mass is 9.89. The van der Waals surface area contributed by atoms with Crippen molar-refractivity contribution in [2.45, 2.75) is 46.4 Å². The van der Waals surface area contributed by atoms with Crippen molar-refractivity contribution in [3.8, 4) is 0 Å². The summed E-state index contributed by atoms with van der Waals surface area (Å²) in [6.45, 7) is 10.3. The van der Waals surface area contributed by atoms with Crippen LogP contribution < -0.4 is 0 Å². The normalized spacial score (nSPS) is 22.5. The number of carbonyl (C=O) groups is 1. The van der Waals surface area contributed by atoms with Gasteiger partial charge in [0.1, 0.15) is 6.23 Å². The minimum atomic E-state index is -0.457. The fourth-order valence-electron chi connectivity index (χ4n) is 3.70. The highest BCUT2D eigenvalue weighted by molar-refractivity contribution is 5.85. The second-order valence-electron chi connectivity index (χ2n) is 8.39. The third kappa shape index (κ3) is 4.82. The van der Waals surface area contributed by atoms with E-state index in [-0.39, 0.29) is 17.8 Å². The average molecular weight is 367 g/mol. The molecule has 0 saturated carbocycles. The van der Waals surface area contributed by atoms with Gasteiger partial charge < -0.3 is 5.11 Å². The van der Waals surface area contributed by atoms with E-state index in [1.165, 1.54) is 5.56 Å². The Balaban J connectivity index is 0.00000225. The number of hydrogen-bond donors (Lipinski definition) is 1. The SMILES string of the molecule is CC(C)(C)C(=O)CN1CCC(CN2Cc3ccccc3C2O)CC1.Cl.